The van der Waals surface area contributed by atoms with Crippen molar-refractivity contribution in [2.45, 2.75) is 63.1 Å². The van der Waals surface area contributed by atoms with Gasteiger partial charge in [0.1, 0.15) is 5.75 Å². The summed E-state index contributed by atoms with van der Waals surface area (Å²) in [6.07, 6.45) is 6.55. The van der Waals surface area contributed by atoms with E-state index in [4.69, 9.17) is 17.3 Å². The van der Waals surface area contributed by atoms with Crippen molar-refractivity contribution in [1.29, 1.82) is 0 Å². The van der Waals surface area contributed by atoms with E-state index < -0.39 is 6.04 Å². The van der Waals surface area contributed by atoms with Gasteiger partial charge < -0.3 is 20.6 Å². The second-order valence-corrected chi connectivity index (χ2v) is 9.65. The molecule has 2 fully saturated rings. The smallest absolute Gasteiger partial charge is 0.254 e. The Morgan fingerprint density at radius 1 is 1.06 bits per heavy atom. The van der Waals surface area contributed by atoms with Crippen molar-refractivity contribution in [1.82, 2.24) is 9.80 Å². The molecule has 0 aromatic heterocycles. The van der Waals surface area contributed by atoms with Crippen molar-refractivity contribution >= 4 is 23.4 Å². The lowest BCUT2D eigenvalue weighted by Crippen LogP contribution is -2.50. The van der Waals surface area contributed by atoms with E-state index in [1.807, 2.05) is 17.0 Å². The van der Waals surface area contributed by atoms with Crippen LogP contribution in [0.5, 0.6) is 5.75 Å². The van der Waals surface area contributed by atoms with E-state index in [-0.39, 0.29) is 29.6 Å². The van der Waals surface area contributed by atoms with Crippen molar-refractivity contribution in [3.05, 3.63) is 64.7 Å². The molecule has 2 amide bonds. The average Bonchev–Trinajstić information content (AvgIpc) is 3.30. The quantitative estimate of drug-likeness (QED) is 0.669. The Hall–Kier alpha value is -2.57. The monoisotopic (exact) mass is 469 g/mol. The summed E-state index contributed by atoms with van der Waals surface area (Å²) in [7, 11) is 0. The summed E-state index contributed by atoms with van der Waals surface area (Å²) in [5.74, 6) is -0.0655. The summed E-state index contributed by atoms with van der Waals surface area (Å²) >= 11 is 5.95. The van der Waals surface area contributed by atoms with Crippen LogP contribution >= 0.6 is 11.6 Å². The summed E-state index contributed by atoms with van der Waals surface area (Å²) in [5.41, 5.74) is 7.73. The summed E-state index contributed by atoms with van der Waals surface area (Å²) in [6, 6.07) is 13.4. The molecule has 1 saturated carbocycles. The van der Waals surface area contributed by atoms with Crippen LogP contribution in [0, 0.1) is 0 Å². The van der Waals surface area contributed by atoms with Gasteiger partial charge in [0.05, 0.1) is 12.1 Å². The maximum absolute atomic E-state index is 13.5. The number of rotatable bonds is 6. The number of nitrogens with two attached hydrogens (primary N) is 1. The first-order valence-corrected chi connectivity index (χ1v) is 12.2. The summed E-state index contributed by atoms with van der Waals surface area (Å²) in [5, 5.41) is 10.5. The van der Waals surface area contributed by atoms with E-state index in [1.54, 1.807) is 35.2 Å². The van der Waals surface area contributed by atoms with Crippen LogP contribution in [0.1, 0.15) is 54.4 Å². The molecule has 0 bridgehead atoms. The molecule has 1 heterocycles. The van der Waals surface area contributed by atoms with Crippen LogP contribution in [-0.2, 0) is 11.2 Å². The zero-order chi connectivity index (χ0) is 23.4. The summed E-state index contributed by atoms with van der Waals surface area (Å²) < 4.78 is 0. The highest BCUT2D eigenvalue weighted by Gasteiger charge is 2.38. The minimum Gasteiger partial charge on any atom is -0.508 e. The first kappa shape index (κ1) is 23.6. The molecule has 33 heavy (non-hydrogen) atoms. The fourth-order valence-corrected chi connectivity index (χ4v) is 5.27. The van der Waals surface area contributed by atoms with Crippen molar-refractivity contribution in [2.24, 2.45) is 5.73 Å². The first-order chi connectivity index (χ1) is 15.9. The molecular formula is C26H32ClN3O3. The maximum Gasteiger partial charge on any atom is 0.254 e. The standard InChI is InChI=1S/C26H32ClN3O3/c27-20-11-9-18(10-12-20)15-24(28)26(33)29-14-13-22(17-29)30(21-6-2-1-3-7-21)25(32)19-5-4-8-23(31)16-19/h4-5,8-12,16,21-22,24,31H,1-3,6-7,13-15,17,28H2. The summed E-state index contributed by atoms with van der Waals surface area (Å²) in [6.45, 7) is 1.09. The molecule has 1 saturated heterocycles. The Morgan fingerprint density at radius 2 is 1.79 bits per heavy atom. The van der Waals surface area contributed by atoms with Gasteiger partial charge >= 0.3 is 0 Å². The van der Waals surface area contributed by atoms with Gasteiger partial charge in [-0.3, -0.25) is 9.59 Å². The SMILES string of the molecule is NC(Cc1ccc(Cl)cc1)C(=O)N1CCC(N(C(=O)c2cccc(O)c2)C2CCCCC2)C1. The third kappa shape index (κ3) is 5.68. The lowest BCUT2D eigenvalue weighted by Gasteiger charge is -2.39. The van der Waals surface area contributed by atoms with E-state index in [9.17, 15) is 14.7 Å². The predicted molar refractivity (Wildman–Crippen MR) is 129 cm³/mol. The number of hydrogen-bond donors (Lipinski definition) is 2. The number of amides is 2. The predicted octanol–water partition coefficient (Wildman–Crippen LogP) is 3.99. The molecule has 3 N–H and O–H groups in total. The molecule has 2 unspecified atom stereocenters. The number of hydrogen-bond acceptors (Lipinski definition) is 4. The fourth-order valence-electron chi connectivity index (χ4n) is 5.14. The van der Waals surface area contributed by atoms with E-state index in [2.05, 4.69) is 0 Å². The van der Waals surface area contributed by atoms with Crippen LogP contribution in [0.15, 0.2) is 48.5 Å². The van der Waals surface area contributed by atoms with Gasteiger partial charge in [0.2, 0.25) is 5.91 Å². The number of phenolic OH excluding ortho intramolecular Hbond substituents is 1. The number of likely N-dealkylation sites (tertiary alicyclic amines) is 1. The van der Waals surface area contributed by atoms with Crippen LogP contribution in [0.3, 0.4) is 0 Å². The Bertz CT molecular complexity index is 975. The molecule has 0 spiro atoms. The second kappa shape index (κ2) is 10.6. The largest absolute Gasteiger partial charge is 0.508 e. The molecule has 176 valence electrons. The van der Waals surface area contributed by atoms with Crippen LogP contribution in [0.25, 0.3) is 0 Å². The normalized spacial score (nSPS) is 19.9. The van der Waals surface area contributed by atoms with Gasteiger partial charge in [0.25, 0.3) is 5.91 Å². The van der Waals surface area contributed by atoms with Gasteiger partial charge in [-0.15, -0.1) is 0 Å². The highest BCUT2D eigenvalue weighted by atomic mass is 35.5. The molecule has 2 aromatic carbocycles. The Kier molecular flexibility index (Phi) is 7.56. The molecule has 0 radical (unpaired) electrons. The molecule has 7 heteroatoms. The summed E-state index contributed by atoms with van der Waals surface area (Å²) in [4.78, 5) is 30.4. The van der Waals surface area contributed by atoms with E-state index in [0.29, 0.717) is 30.1 Å². The topological polar surface area (TPSA) is 86.9 Å². The number of nitrogens with zero attached hydrogens (tertiary/aromatic N) is 2. The van der Waals surface area contributed by atoms with Crippen molar-refractivity contribution in [3.8, 4) is 5.75 Å². The Balaban J connectivity index is 1.46. The van der Waals surface area contributed by atoms with Gasteiger partial charge in [-0.2, -0.15) is 0 Å². The molecule has 2 atom stereocenters. The third-order valence-electron chi connectivity index (χ3n) is 6.85. The second-order valence-electron chi connectivity index (χ2n) is 9.22. The number of carbonyl (C=O) groups excluding carboxylic acids is 2. The molecule has 1 aliphatic heterocycles. The van der Waals surface area contributed by atoms with Gasteiger partial charge in [-0.05, 0) is 61.6 Å². The number of benzene rings is 2. The molecular weight excluding hydrogens is 438 g/mol. The maximum atomic E-state index is 13.5. The average molecular weight is 470 g/mol. The number of phenols is 1. The fraction of sp³-hybridized carbons (Fsp3) is 0.462. The molecule has 1 aliphatic carbocycles. The van der Waals surface area contributed by atoms with Crippen LogP contribution in [0.2, 0.25) is 5.02 Å². The molecule has 2 aromatic rings. The van der Waals surface area contributed by atoms with Crippen molar-refractivity contribution < 1.29 is 14.7 Å². The zero-order valence-corrected chi connectivity index (χ0v) is 19.6. The number of halogens is 1. The Morgan fingerprint density at radius 3 is 2.48 bits per heavy atom. The minimum absolute atomic E-state index is 0.0466. The van der Waals surface area contributed by atoms with Gasteiger partial charge in [-0.25, -0.2) is 0 Å². The van der Waals surface area contributed by atoms with E-state index in [1.165, 1.54) is 12.5 Å². The van der Waals surface area contributed by atoms with Gasteiger partial charge in [0.15, 0.2) is 0 Å². The van der Waals surface area contributed by atoms with Crippen molar-refractivity contribution in [2.75, 3.05) is 13.1 Å². The highest BCUT2D eigenvalue weighted by molar-refractivity contribution is 6.30. The van der Waals surface area contributed by atoms with Crippen LogP contribution in [0.4, 0.5) is 0 Å². The lowest BCUT2D eigenvalue weighted by molar-refractivity contribution is -0.131. The first-order valence-electron chi connectivity index (χ1n) is 11.8. The molecule has 6 nitrogen and oxygen atoms in total. The highest BCUT2D eigenvalue weighted by Crippen LogP contribution is 2.30. The van der Waals surface area contributed by atoms with Crippen LogP contribution in [-0.4, -0.2) is 57.9 Å². The van der Waals surface area contributed by atoms with E-state index >= 15 is 0 Å². The molecule has 4 rings (SSSR count). The van der Waals surface area contributed by atoms with Crippen molar-refractivity contribution in [3.63, 3.8) is 0 Å². The third-order valence-corrected chi connectivity index (χ3v) is 7.10. The lowest BCUT2D eigenvalue weighted by atomic mass is 9.92. The van der Waals surface area contributed by atoms with E-state index in [0.717, 1.165) is 37.7 Å². The van der Waals surface area contributed by atoms with Crippen LogP contribution < -0.4 is 5.73 Å². The number of carbonyl (C=O) groups is 2. The van der Waals surface area contributed by atoms with Gasteiger partial charge in [-0.1, -0.05) is 49.1 Å². The Labute approximate surface area is 200 Å². The molecule has 2 aliphatic rings. The zero-order valence-electron chi connectivity index (χ0n) is 18.8. The van der Waals surface area contributed by atoms with Gasteiger partial charge in [0, 0.05) is 29.7 Å². The minimum atomic E-state index is -0.630. The number of aromatic hydroxyl groups is 1.